The lowest BCUT2D eigenvalue weighted by Crippen LogP contribution is -2.34. The van der Waals surface area contributed by atoms with E-state index in [-0.39, 0.29) is 18.0 Å². The molecule has 0 saturated heterocycles. The highest BCUT2D eigenvalue weighted by Gasteiger charge is 2.39. The van der Waals surface area contributed by atoms with E-state index in [4.69, 9.17) is 5.10 Å². The molecule has 2 atom stereocenters. The first-order valence-corrected chi connectivity index (χ1v) is 9.18. The van der Waals surface area contributed by atoms with Gasteiger partial charge in [-0.15, -0.1) is 11.3 Å². The van der Waals surface area contributed by atoms with E-state index in [1.807, 2.05) is 12.1 Å². The fraction of sp³-hybridized carbons (Fsp3) is 0.150. The molecule has 5 rings (SSSR count). The van der Waals surface area contributed by atoms with E-state index in [2.05, 4.69) is 52.1 Å². The Balaban J connectivity index is 1.59. The molecule has 124 valence electrons. The molecule has 1 aromatic heterocycles. The topological polar surface area (TPSA) is 27.6 Å². The van der Waals surface area contributed by atoms with Gasteiger partial charge in [0.15, 0.2) is 6.17 Å². The highest BCUT2D eigenvalue weighted by molar-refractivity contribution is 7.10. The van der Waals surface area contributed by atoms with E-state index < -0.39 is 0 Å². The Morgan fingerprint density at radius 2 is 1.88 bits per heavy atom. The number of hydrogen-bond donors (Lipinski definition) is 1. The fourth-order valence-electron chi connectivity index (χ4n) is 3.62. The van der Waals surface area contributed by atoms with Crippen molar-refractivity contribution >= 4 is 22.7 Å². The van der Waals surface area contributed by atoms with Crippen LogP contribution in [0.1, 0.15) is 34.6 Å². The molecule has 25 heavy (non-hydrogen) atoms. The number of nitrogens with one attached hydrogen (secondary N) is 1. The van der Waals surface area contributed by atoms with E-state index >= 15 is 0 Å². The third kappa shape index (κ3) is 2.43. The van der Waals surface area contributed by atoms with E-state index in [0.29, 0.717) is 0 Å². The van der Waals surface area contributed by atoms with E-state index in [0.717, 1.165) is 23.4 Å². The third-order valence-corrected chi connectivity index (χ3v) is 5.73. The summed E-state index contributed by atoms with van der Waals surface area (Å²) in [4.78, 5) is 1.24. The van der Waals surface area contributed by atoms with Crippen LogP contribution < -0.4 is 5.32 Å². The molecule has 0 saturated carbocycles. The van der Waals surface area contributed by atoms with Gasteiger partial charge in [0.25, 0.3) is 0 Å². The maximum atomic E-state index is 13.3. The molecule has 3 nitrogen and oxygen atoms in total. The highest BCUT2D eigenvalue weighted by Crippen LogP contribution is 2.46. The van der Waals surface area contributed by atoms with Crippen LogP contribution in [0.2, 0.25) is 0 Å². The van der Waals surface area contributed by atoms with Crippen molar-refractivity contribution < 1.29 is 4.39 Å². The molecule has 2 aliphatic heterocycles. The average molecular weight is 349 g/mol. The summed E-state index contributed by atoms with van der Waals surface area (Å²) in [7, 11) is 0. The predicted molar refractivity (Wildman–Crippen MR) is 99.3 cm³/mol. The van der Waals surface area contributed by atoms with Crippen LogP contribution in [0.4, 0.5) is 10.1 Å². The maximum absolute atomic E-state index is 13.3. The second-order valence-electron chi connectivity index (χ2n) is 6.30. The number of para-hydroxylation sites is 1. The van der Waals surface area contributed by atoms with Crippen LogP contribution in [0.5, 0.6) is 0 Å². The largest absolute Gasteiger partial charge is 0.359 e. The minimum absolute atomic E-state index is 0.0258. The van der Waals surface area contributed by atoms with Crippen LogP contribution in [0.3, 0.4) is 0 Å². The van der Waals surface area contributed by atoms with Gasteiger partial charge in [-0.05, 0) is 40.8 Å². The molecular formula is C20H16FN3S. The zero-order chi connectivity index (χ0) is 16.8. The number of fused-ring (bicyclic) bond motifs is 3. The Morgan fingerprint density at radius 3 is 2.68 bits per heavy atom. The first-order chi connectivity index (χ1) is 12.3. The van der Waals surface area contributed by atoms with Crippen LogP contribution in [0.25, 0.3) is 0 Å². The molecule has 3 heterocycles. The number of rotatable bonds is 2. The van der Waals surface area contributed by atoms with Gasteiger partial charge in [0, 0.05) is 17.0 Å². The summed E-state index contributed by atoms with van der Waals surface area (Å²) in [5.74, 6) is -0.219. The molecule has 1 N–H and O–H groups in total. The average Bonchev–Trinajstić information content (AvgIpc) is 3.32. The minimum Gasteiger partial charge on any atom is -0.359 e. The summed E-state index contributed by atoms with van der Waals surface area (Å²) in [6.45, 7) is 0. The molecule has 2 aliphatic rings. The van der Waals surface area contributed by atoms with Crippen molar-refractivity contribution in [3.05, 3.63) is 87.9 Å². The lowest BCUT2D eigenvalue weighted by molar-refractivity contribution is 0.171. The molecule has 3 aromatic rings. The Kier molecular flexibility index (Phi) is 3.35. The molecule has 0 spiro atoms. The number of hydrogen-bond acceptors (Lipinski definition) is 4. The van der Waals surface area contributed by atoms with Gasteiger partial charge >= 0.3 is 0 Å². The molecule has 0 aliphatic carbocycles. The number of thiophene rings is 1. The summed E-state index contributed by atoms with van der Waals surface area (Å²) in [6.07, 6.45) is 0.851. The van der Waals surface area contributed by atoms with Gasteiger partial charge in [0.05, 0.1) is 11.8 Å². The summed E-state index contributed by atoms with van der Waals surface area (Å²) in [5.41, 5.74) is 4.41. The van der Waals surface area contributed by atoms with Crippen molar-refractivity contribution in [1.82, 2.24) is 5.01 Å². The lowest BCUT2D eigenvalue weighted by Gasteiger charge is -2.38. The van der Waals surface area contributed by atoms with Gasteiger partial charge in [-0.1, -0.05) is 36.4 Å². The standard InChI is InChI=1S/C20H16FN3S/c21-14-9-7-13(8-10-14)17-12-18-15-4-1-2-5-16(15)22-20(24(18)23-17)19-6-3-11-25-19/h1-11,18,20,22H,12H2/t18-,20-/m0/s1. The van der Waals surface area contributed by atoms with E-state index in [1.54, 1.807) is 11.3 Å². The number of anilines is 1. The summed E-state index contributed by atoms with van der Waals surface area (Å²) < 4.78 is 13.3. The minimum atomic E-state index is -0.219. The number of benzene rings is 2. The zero-order valence-electron chi connectivity index (χ0n) is 13.4. The van der Waals surface area contributed by atoms with Crippen molar-refractivity contribution in [3.63, 3.8) is 0 Å². The molecular weight excluding hydrogens is 333 g/mol. The number of halogens is 1. The van der Waals surface area contributed by atoms with Crippen LogP contribution in [-0.2, 0) is 0 Å². The quantitative estimate of drug-likeness (QED) is 0.692. The van der Waals surface area contributed by atoms with Crippen LogP contribution in [0.15, 0.2) is 71.1 Å². The van der Waals surface area contributed by atoms with Crippen molar-refractivity contribution in [2.24, 2.45) is 5.10 Å². The first-order valence-electron chi connectivity index (χ1n) is 8.30. The first kappa shape index (κ1) is 14.7. The Bertz CT molecular complexity index is 934. The zero-order valence-corrected chi connectivity index (χ0v) is 14.2. The van der Waals surface area contributed by atoms with Crippen molar-refractivity contribution in [1.29, 1.82) is 0 Å². The number of hydrazone groups is 1. The molecule has 2 aromatic carbocycles. The summed E-state index contributed by atoms with van der Waals surface area (Å²) in [6, 6.07) is 19.4. The van der Waals surface area contributed by atoms with Gasteiger partial charge in [-0.25, -0.2) is 4.39 Å². The molecule has 0 unspecified atom stereocenters. The molecule has 5 heteroatoms. The fourth-order valence-corrected chi connectivity index (χ4v) is 4.38. The number of nitrogens with zero attached hydrogens (tertiary/aromatic N) is 2. The van der Waals surface area contributed by atoms with Crippen LogP contribution in [-0.4, -0.2) is 10.7 Å². The van der Waals surface area contributed by atoms with E-state index in [1.165, 1.54) is 22.6 Å². The molecule has 0 bridgehead atoms. The van der Waals surface area contributed by atoms with Crippen molar-refractivity contribution in [2.75, 3.05) is 5.32 Å². The summed E-state index contributed by atoms with van der Waals surface area (Å²) in [5, 5.41) is 12.8. The van der Waals surface area contributed by atoms with Gasteiger partial charge < -0.3 is 5.32 Å². The monoisotopic (exact) mass is 349 g/mol. The Hall–Kier alpha value is -2.66. The third-order valence-electron chi connectivity index (χ3n) is 4.81. The van der Waals surface area contributed by atoms with Gasteiger partial charge in [-0.3, -0.25) is 5.01 Å². The Morgan fingerprint density at radius 1 is 1.04 bits per heavy atom. The maximum Gasteiger partial charge on any atom is 0.152 e. The van der Waals surface area contributed by atoms with Crippen molar-refractivity contribution in [3.8, 4) is 0 Å². The van der Waals surface area contributed by atoms with Gasteiger partial charge in [0.1, 0.15) is 5.82 Å². The van der Waals surface area contributed by atoms with Crippen LogP contribution in [0, 0.1) is 5.82 Å². The predicted octanol–water partition coefficient (Wildman–Crippen LogP) is 5.16. The van der Waals surface area contributed by atoms with Crippen molar-refractivity contribution in [2.45, 2.75) is 18.6 Å². The van der Waals surface area contributed by atoms with E-state index in [9.17, 15) is 4.39 Å². The normalized spacial score (nSPS) is 21.3. The second kappa shape index (κ2) is 5.70. The van der Waals surface area contributed by atoms with Crippen LogP contribution >= 0.6 is 11.3 Å². The second-order valence-corrected chi connectivity index (χ2v) is 7.28. The summed E-state index contributed by atoms with van der Waals surface area (Å²) >= 11 is 1.73. The lowest BCUT2D eigenvalue weighted by atomic mass is 9.95. The Labute approximate surface area is 149 Å². The van der Waals surface area contributed by atoms with Gasteiger partial charge in [-0.2, -0.15) is 5.10 Å². The molecule has 0 amide bonds. The SMILES string of the molecule is Fc1ccc(C2=NN3[C@@H](c4cccs4)Nc4ccccc4[C@@H]3C2)cc1. The molecule has 0 radical (unpaired) electrons. The highest BCUT2D eigenvalue weighted by atomic mass is 32.1. The van der Waals surface area contributed by atoms with Gasteiger partial charge in [0.2, 0.25) is 0 Å². The molecule has 0 fully saturated rings. The smallest absolute Gasteiger partial charge is 0.152 e.